The minimum absolute atomic E-state index is 0.0335. The largest absolute Gasteiger partial charge is 0.455 e. The van der Waals surface area contributed by atoms with Crippen molar-refractivity contribution in [3.63, 3.8) is 0 Å². The number of para-hydroxylation sites is 2. The fourth-order valence-electron chi connectivity index (χ4n) is 9.56. The number of furan rings is 1. The summed E-state index contributed by atoms with van der Waals surface area (Å²) in [5.41, 5.74) is 17.2. The third-order valence-corrected chi connectivity index (χ3v) is 12.3. The summed E-state index contributed by atoms with van der Waals surface area (Å²) in [5.74, 6) is 0. The van der Waals surface area contributed by atoms with Gasteiger partial charge in [0.15, 0.2) is 0 Å². The predicted octanol–water partition coefficient (Wildman–Crippen LogP) is 14.9. The second-order valence-electron chi connectivity index (χ2n) is 15.8. The summed E-state index contributed by atoms with van der Waals surface area (Å²) in [7, 11) is 0. The minimum atomic E-state index is -0.0335. The number of rotatable bonds is 7. The second-order valence-corrected chi connectivity index (χ2v) is 15.8. The van der Waals surface area contributed by atoms with E-state index < -0.39 is 0 Å². The maximum atomic E-state index is 6.54. The van der Waals surface area contributed by atoms with E-state index >= 15 is 0 Å². The van der Waals surface area contributed by atoms with Crippen LogP contribution in [0.25, 0.3) is 66.6 Å². The van der Waals surface area contributed by atoms with E-state index in [-0.39, 0.29) is 11.5 Å². The molecule has 1 heterocycles. The molecule has 0 radical (unpaired) electrons. The molecule has 0 aliphatic heterocycles. The van der Waals surface area contributed by atoms with Crippen molar-refractivity contribution < 1.29 is 4.42 Å². The normalized spacial score (nSPS) is 15.8. The van der Waals surface area contributed by atoms with Crippen LogP contribution in [0.2, 0.25) is 0 Å². The molecular weight excluding hydrogens is 679 g/mol. The Kier molecular flexibility index (Phi) is 8.18. The van der Waals surface area contributed by atoms with Gasteiger partial charge >= 0.3 is 0 Å². The molecule has 7 aromatic carbocycles. The fraction of sp³-hybridized carbons (Fsp3) is 0.148. The van der Waals surface area contributed by atoms with Gasteiger partial charge < -0.3 is 9.32 Å². The number of aryl methyl sites for hydroxylation is 1. The number of benzene rings is 7. The van der Waals surface area contributed by atoms with Crippen molar-refractivity contribution in [3.05, 3.63) is 192 Å². The molecule has 0 fully saturated rings. The van der Waals surface area contributed by atoms with E-state index in [0.29, 0.717) is 0 Å². The Morgan fingerprint density at radius 1 is 0.679 bits per heavy atom. The Balaban J connectivity index is 1.10. The molecule has 2 heteroatoms. The van der Waals surface area contributed by atoms with Crippen molar-refractivity contribution in [2.24, 2.45) is 0 Å². The van der Waals surface area contributed by atoms with Crippen LogP contribution in [0.15, 0.2) is 168 Å². The lowest BCUT2D eigenvalue weighted by Crippen LogP contribution is -2.30. The molecule has 2 aliphatic rings. The van der Waals surface area contributed by atoms with Crippen LogP contribution in [-0.4, -0.2) is 6.04 Å². The van der Waals surface area contributed by atoms with Crippen LogP contribution >= 0.6 is 0 Å². The van der Waals surface area contributed by atoms with Gasteiger partial charge in [-0.25, -0.2) is 0 Å². The van der Waals surface area contributed by atoms with Gasteiger partial charge in [-0.2, -0.15) is 0 Å². The predicted molar refractivity (Wildman–Crippen MR) is 239 cm³/mol. The van der Waals surface area contributed by atoms with Gasteiger partial charge in [0.2, 0.25) is 0 Å². The molecule has 1 aromatic heterocycles. The lowest BCUT2D eigenvalue weighted by atomic mass is 9.81. The quantitative estimate of drug-likeness (QED) is 0.163. The number of allylic oxidation sites excluding steroid dienone is 3. The van der Waals surface area contributed by atoms with Crippen LogP contribution in [0.4, 0.5) is 11.4 Å². The molecule has 0 amide bonds. The zero-order valence-electron chi connectivity index (χ0n) is 32.5. The summed E-state index contributed by atoms with van der Waals surface area (Å²) in [5, 5.41) is 4.87. The third-order valence-electron chi connectivity index (χ3n) is 12.3. The van der Waals surface area contributed by atoms with Gasteiger partial charge in [-0.15, -0.1) is 0 Å². The smallest absolute Gasteiger partial charge is 0.143 e. The van der Waals surface area contributed by atoms with Crippen molar-refractivity contribution in [1.82, 2.24) is 0 Å². The highest BCUT2D eigenvalue weighted by Gasteiger charge is 2.35. The zero-order chi connectivity index (χ0) is 38.0. The molecule has 0 spiro atoms. The SMILES string of the molecule is C/C=C\c1cc(N(c2cccc(-c3cccc4c3oc3ccccc34)c2)C2C=CC(c3ccc4c(c3)C(C)(C)c3ccccc3-4)=CC2)c2ccccc2c1CC. The highest BCUT2D eigenvalue weighted by molar-refractivity contribution is 6.10. The van der Waals surface area contributed by atoms with Crippen LogP contribution in [0.3, 0.4) is 0 Å². The lowest BCUT2D eigenvalue weighted by molar-refractivity contribution is 0.660. The van der Waals surface area contributed by atoms with Crippen molar-refractivity contribution in [3.8, 4) is 22.3 Å². The zero-order valence-corrected chi connectivity index (χ0v) is 32.5. The molecule has 0 bridgehead atoms. The van der Waals surface area contributed by atoms with Gasteiger partial charge in [-0.1, -0.05) is 160 Å². The Hall–Kier alpha value is -6.38. The Morgan fingerprint density at radius 3 is 2.23 bits per heavy atom. The first-order valence-electron chi connectivity index (χ1n) is 20.0. The molecule has 56 heavy (non-hydrogen) atoms. The first-order chi connectivity index (χ1) is 27.4. The van der Waals surface area contributed by atoms with E-state index in [2.05, 4.69) is 196 Å². The number of hydrogen-bond donors (Lipinski definition) is 0. The Bertz CT molecular complexity index is 2930. The van der Waals surface area contributed by atoms with E-state index in [1.165, 1.54) is 61.0 Å². The van der Waals surface area contributed by atoms with Crippen molar-refractivity contribution >= 4 is 55.7 Å². The maximum absolute atomic E-state index is 6.54. The highest BCUT2D eigenvalue weighted by atomic mass is 16.3. The van der Waals surface area contributed by atoms with Gasteiger partial charge in [0.25, 0.3) is 0 Å². The average Bonchev–Trinajstić information content (AvgIpc) is 3.73. The van der Waals surface area contributed by atoms with Gasteiger partial charge in [0.1, 0.15) is 11.2 Å². The highest BCUT2D eigenvalue weighted by Crippen LogP contribution is 2.50. The topological polar surface area (TPSA) is 16.4 Å². The van der Waals surface area contributed by atoms with Crippen LogP contribution in [0, 0.1) is 0 Å². The summed E-state index contributed by atoms with van der Waals surface area (Å²) in [6.45, 7) is 9.10. The monoisotopic (exact) mass is 723 g/mol. The fourth-order valence-corrected chi connectivity index (χ4v) is 9.56. The molecule has 10 rings (SSSR count). The van der Waals surface area contributed by atoms with E-state index in [1.54, 1.807) is 0 Å². The van der Waals surface area contributed by atoms with E-state index in [9.17, 15) is 0 Å². The van der Waals surface area contributed by atoms with Gasteiger partial charge in [0.05, 0.1) is 11.7 Å². The molecule has 0 saturated carbocycles. The summed E-state index contributed by atoms with van der Waals surface area (Å²) < 4.78 is 6.54. The number of nitrogens with zero attached hydrogens (tertiary/aromatic N) is 1. The van der Waals surface area contributed by atoms with E-state index in [1.807, 2.05) is 6.07 Å². The first-order valence-corrected chi connectivity index (χ1v) is 20.0. The second kappa shape index (κ2) is 13.4. The summed E-state index contributed by atoms with van der Waals surface area (Å²) in [6, 6.07) is 51.3. The van der Waals surface area contributed by atoms with Crippen molar-refractivity contribution in [2.75, 3.05) is 4.90 Å². The van der Waals surface area contributed by atoms with Gasteiger partial charge in [-0.3, -0.25) is 0 Å². The number of fused-ring (bicyclic) bond motifs is 7. The summed E-state index contributed by atoms with van der Waals surface area (Å²) in [6.07, 6.45) is 13.5. The molecule has 1 atom stereocenters. The molecule has 272 valence electrons. The van der Waals surface area contributed by atoms with Gasteiger partial charge in [0, 0.05) is 32.8 Å². The van der Waals surface area contributed by atoms with E-state index in [0.717, 1.165) is 51.6 Å². The maximum Gasteiger partial charge on any atom is 0.143 e. The van der Waals surface area contributed by atoms with Crippen LogP contribution in [0.1, 0.15) is 61.9 Å². The Labute approximate surface area is 329 Å². The molecule has 0 N–H and O–H groups in total. The molecule has 0 saturated heterocycles. The summed E-state index contributed by atoms with van der Waals surface area (Å²) >= 11 is 0. The average molecular weight is 724 g/mol. The number of hydrogen-bond acceptors (Lipinski definition) is 2. The summed E-state index contributed by atoms with van der Waals surface area (Å²) in [4.78, 5) is 2.57. The number of anilines is 2. The molecular formula is C54H45NO. The molecule has 8 aromatic rings. The van der Waals surface area contributed by atoms with Gasteiger partial charge in [-0.05, 0) is 106 Å². The first kappa shape index (κ1) is 34.1. The molecule has 2 nitrogen and oxygen atoms in total. The van der Waals surface area contributed by atoms with Crippen molar-refractivity contribution in [2.45, 2.75) is 52.0 Å². The van der Waals surface area contributed by atoms with Crippen LogP contribution in [0.5, 0.6) is 0 Å². The van der Waals surface area contributed by atoms with Crippen LogP contribution in [-0.2, 0) is 11.8 Å². The minimum Gasteiger partial charge on any atom is -0.455 e. The molecule has 2 aliphatic carbocycles. The van der Waals surface area contributed by atoms with Crippen LogP contribution < -0.4 is 4.90 Å². The molecule has 1 unspecified atom stereocenters. The standard InChI is InChI=1S/C54H45NO/c1-5-15-37-34-51(46-20-8-7-18-43(46)41(37)6-2)55(40-17-13-16-38(32-40)42-22-14-23-48-47-21-10-12-25-52(47)56-53(42)48)39-29-26-35(27-30-39)36-28-31-45-44-19-9-11-24-49(44)54(3,4)50(45)33-36/h5,7-29,31-34,39H,6,30H2,1-4H3/b15-5-. The third kappa shape index (κ3) is 5.39. The lowest BCUT2D eigenvalue weighted by Gasteiger charge is -2.35. The Morgan fingerprint density at radius 2 is 1.41 bits per heavy atom. The van der Waals surface area contributed by atoms with E-state index in [4.69, 9.17) is 4.42 Å². The van der Waals surface area contributed by atoms with Crippen molar-refractivity contribution in [1.29, 1.82) is 0 Å².